The number of amides is 1. The van der Waals surface area contributed by atoms with Crippen LogP contribution < -0.4 is 10.1 Å². The van der Waals surface area contributed by atoms with Gasteiger partial charge in [0.15, 0.2) is 0 Å². The molecule has 0 bridgehead atoms. The van der Waals surface area contributed by atoms with Crippen molar-refractivity contribution in [2.75, 3.05) is 7.11 Å². The third kappa shape index (κ3) is 3.60. The second-order valence-electron chi connectivity index (χ2n) is 5.33. The summed E-state index contributed by atoms with van der Waals surface area (Å²) in [5.74, 6) is 0.622. The molecule has 120 valence electrons. The van der Waals surface area contributed by atoms with Crippen molar-refractivity contribution in [1.29, 1.82) is 0 Å². The van der Waals surface area contributed by atoms with Crippen LogP contribution in [-0.2, 0) is 0 Å². The summed E-state index contributed by atoms with van der Waals surface area (Å²) in [6.07, 6.45) is 3.21. The maximum absolute atomic E-state index is 12.5. The molecule has 3 aromatic rings. The highest BCUT2D eigenvalue weighted by atomic mass is 16.5. The molecule has 3 rings (SSSR count). The van der Waals surface area contributed by atoms with E-state index in [-0.39, 0.29) is 11.9 Å². The lowest BCUT2D eigenvalue weighted by Crippen LogP contribution is -2.29. The number of rotatable bonds is 5. The van der Waals surface area contributed by atoms with Crippen molar-refractivity contribution >= 4 is 5.91 Å². The number of nitrogens with one attached hydrogen (secondary N) is 1. The fraction of sp³-hybridized carbons (Fsp3) is 0.100. The Hall–Kier alpha value is -3.14. The standard InChI is InChI=1S/C20H18N2O2/c1-24-18-11-9-16(10-12-18)19(15-6-3-2-4-7-15)22-20(23)17-8-5-13-21-14-17/h2-14,19H,1H3,(H,22,23). The Kier molecular flexibility index (Phi) is 4.87. The number of methoxy groups -OCH3 is 1. The normalized spacial score (nSPS) is 11.5. The van der Waals surface area contributed by atoms with Crippen molar-refractivity contribution in [3.63, 3.8) is 0 Å². The predicted molar refractivity (Wildman–Crippen MR) is 93.0 cm³/mol. The number of aromatic nitrogens is 1. The molecule has 1 unspecified atom stereocenters. The largest absolute Gasteiger partial charge is 0.497 e. The van der Waals surface area contributed by atoms with Crippen LogP contribution in [-0.4, -0.2) is 18.0 Å². The Bertz CT molecular complexity index is 787. The number of hydrogen-bond donors (Lipinski definition) is 1. The molecular weight excluding hydrogens is 300 g/mol. The molecule has 0 aliphatic heterocycles. The minimum absolute atomic E-state index is 0.159. The average Bonchev–Trinajstić information content (AvgIpc) is 2.67. The number of pyridine rings is 1. The van der Waals surface area contributed by atoms with Crippen molar-refractivity contribution in [3.8, 4) is 5.75 Å². The van der Waals surface area contributed by atoms with E-state index in [2.05, 4.69) is 10.3 Å². The predicted octanol–water partition coefficient (Wildman–Crippen LogP) is 3.61. The number of benzene rings is 2. The van der Waals surface area contributed by atoms with Crippen LogP contribution in [0.5, 0.6) is 5.75 Å². The summed E-state index contributed by atoms with van der Waals surface area (Å²) in [5.41, 5.74) is 2.53. The molecule has 1 amide bonds. The Morgan fingerprint density at radius 2 is 1.67 bits per heavy atom. The first-order valence-electron chi connectivity index (χ1n) is 7.67. The highest BCUT2D eigenvalue weighted by molar-refractivity contribution is 5.94. The van der Waals surface area contributed by atoms with Crippen molar-refractivity contribution in [3.05, 3.63) is 95.8 Å². The smallest absolute Gasteiger partial charge is 0.253 e. The van der Waals surface area contributed by atoms with Gasteiger partial charge in [-0.05, 0) is 35.4 Å². The zero-order chi connectivity index (χ0) is 16.8. The van der Waals surface area contributed by atoms with E-state index in [1.54, 1.807) is 31.6 Å². The van der Waals surface area contributed by atoms with E-state index in [4.69, 9.17) is 4.74 Å². The molecule has 24 heavy (non-hydrogen) atoms. The molecule has 1 aromatic heterocycles. The van der Waals surface area contributed by atoms with Gasteiger partial charge < -0.3 is 10.1 Å². The van der Waals surface area contributed by atoms with Crippen LogP contribution in [0.4, 0.5) is 0 Å². The highest BCUT2D eigenvalue weighted by Crippen LogP contribution is 2.24. The molecule has 0 spiro atoms. The zero-order valence-electron chi connectivity index (χ0n) is 13.3. The molecule has 0 saturated carbocycles. The maximum atomic E-state index is 12.5. The SMILES string of the molecule is COc1ccc(C(NC(=O)c2cccnc2)c2ccccc2)cc1. The Labute approximate surface area is 141 Å². The van der Waals surface area contributed by atoms with Crippen LogP contribution in [0.2, 0.25) is 0 Å². The number of hydrogen-bond acceptors (Lipinski definition) is 3. The number of ether oxygens (including phenoxy) is 1. The molecule has 1 N–H and O–H groups in total. The highest BCUT2D eigenvalue weighted by Gasteiger charge is 2.17. The molecule has 0 aliphatic rings. The van der Waals surface area contributed by atoms with Gasteiger partial charge in [0.05, 0.1) is 18.7 Å². The third-order valence-electron chi connectivity index (χ3n) is 3.78. The van der Waals surface area contributed by atoms with Crippen molar-refractivity contribution < 1.29 is 9.53 Å². The molecule has 1 heterocycles. The number of carbonyl (C=O) groups is 1. The van der Waals surface area contributed by atoms with Gasteiger partial charge in [-0.2, -0.15) is 0 Å². The number of carbonyl (C=O) groups excluding carboxylic acids is 1. The van der Waals surface area contributed by atoms with Crippen molar-refractivity contribution in [1.82, 2.24) is 10.3 Å². The van der Waals surface area contributed by atoms with Gasteiger partial charge >= 0.3 is 0 Å². The van der Waals surface area contributed by atoms with E-state index < -0.39 is 0 Å². The van der Waals surface area contributed by atoms with E-state index in [1.807, 2.05) is 54.6 Å². The van der Waals surface area contributed by atoms with Crippen LogP contribution in [0, 0.1) is 0 Å². The minimum Gasteiger partial charge on any atom is -0.497 e. The van der Waals surface area contributed by atoms with Crippen LogP contribution in [0.15, 0.2) is 79.1 Å². The van der Waals surface area contributed by atoms with E-state index in [0.717, 1.165) is 16.9 Å². The summed E-state index contributed by atoms with van der Waals surface area (Å²) >= 11 is 0. The molecule has 0 saturated heterocycles. The van der Waals surface area contributed by atoms with Gasteiger partial charge in [0, 0.05) is 12.4 Å². The van der Waals surface area contributed by atoms with Crippen LogP contribution >= 0.6 is 0 Å². The fourth-order valence-electron chi connectivity index (χ4n) is 2.51. The molecule has 4 nitrogen and oxygen atoms in total. The van der Waals surface area contributed by atoms with Gasteiger partial charge in [0.2, 0.25) is 0 Å². The van der Waals surface area contributed by atoms with Crippen LogP contribution in [0.1, 0.15) is 27.5 Å². The van der Waals surface area contributed by atoms with Gasteiger partial charge in [-0.25, -0.2) is 0 Å². The molecule has 2 aromatic carbocycles. The monoisotopic (exact) mass is 318 g/mol. The molecule has 4 heteroatoms. The van der Waals surface area contributed by atoms with E-state index in [9.17, 15) is 4.79 Å². The van der Waals surface area contributed by atoms with Crippen molar-refractivity contribution in [2.45, 2.75) is 6.04 Å². The van der Waals surface area contributed by atoms with E-state index >= 15 is 0 Å². The molecule has 0 aliphatic carbocycles. The summed E-state index contributed by atoms with van der Waals surface area (Å²) in [7, 11) is 1.63. The average molecular weight is 318 g/mol. The zero-order valence-corrected chi connectivity index (χ0v) is 13.3. The summed E-state index contributed by atoms with van der Waals surface area (Å²) < 4.78 is 5.21. The fourth-order valence-corrected chi connectivity index (χ4v) is 2.51. The van der Waals surface area contributed by atoms with Gasteiger partial charge in [-0.15, -0.1) is 0 Å². The van der Waals surface area contributed by atoms with Gasteiger partial charge in [0.25, 0.3) is 5.91 Å². The molecule has 1 atom stereocenters. The lowest BCUT2D eigenvalue weighted by molar-refractivity contribution is 0.0942. The van der Waals surface area contributed by atoms with Crippen molar-refractivity contribution in [2.24, 2.45) is 0 Å². The van der Waals surface area contributed by atoms with Crippen LogP contribution in [0.3, 0.4) is 0 Å². The second kappa shape index (κ2) is 7.42. The Balaban J connectivity index is 1.91. The summed E-state index contributed by atoms with van der Waals surface area (Å²) in [6.45, 7) is 0. The maximum Gasteiger partial charge on any atom is 0.253 e. The molecule has 0 fully saturated rings. The van der Waals surface area contributed by atoms with Gasteiger partial charge in [-0.3, -0.25) is 9.78 Å². The summed E-state index contributed by atoms with van der Waals surface area (Å²) in [4.78, 5) is 16.6. The number of nitrogens with zero attached hydrogens (tertiary/aromatic N) is 1. The first-order chi connectivity index (χ1) is 11.8. The van der Waals surface area contributed by atoms with E-state index in [1.165, 1.54) is 0 Å². The summed E-state index contributed by atoms with van der Waals surface area (Å²) in [6, 6.07) is 20.8. The minimum atomic E-state index is -0.246. The lowest BCUT2D eigenvalue weighted by atomic mass is 9.98. The first kappa shape index (κ1) is 15.7. The first-order valence-corrected chi connectivity index (χ1v) is 7.67. The molecular formula is C20H18N2O2. The Morgan fingerprint density at radius 3 is 2.29 bits per heavy atom. The van der Waals surface area contributed by atoms with Crippen LogP contribution in [0.25, 0.3) is 0 Å². The lowest BCUT2D eigenvalue weighted by Gasteiger charge is -2.20. The summed E-state index contributed by atoms with van der Waals surface area (Å²) in [5, 5.41) is 3.08. The topological polar surface area (TPSA) is 51.2 Å². The van der Waals surface area contributed by atoms with E-state index in [0.29, 0.717) is 5.56 Å². The molecule has 0 radical (unpaired) electrons. The quantitative estimate of drug-likeness (QED) is 0.782. The van der Waals surface area contributed by atoms with Gasteiger partial charge in [-0.1, -0.05) is 42.5 Å². The third-order valence-corrected chi connectivity index (χ3v) is 3.78. The Morgan fingerprint density at radius 1 is 0.958 bits per heavy atom. The second-order valence-corrected chi connectivity index (χ2v) is 5.33. The van der Waals surface area contributed by atoms with Gasteiger partial charge in [0.1, 0.15) is 5.75 Å².